The predicted octanol–water partition coefficient (Wildman–Crippen LogP) is 2.83. The summed E-state index contributed by atoms with van der Waals surface area (Å²) in [7, 11) is -3.37. The third-order valence-corrected chi connectivity index (χ3v) is 4.68. The Kier molecular flexibility index (Phi) is 4.77. The van der Waals surface area contributed by atoms with Crippen molar-refractivity contribution in [3.63, 3.8) is 0 Å². The van der Waals surface area contributed by atoms with E-state index in [1.165, 1.54) is 17.7 Å². The van der Waals surface area contributed by atoms with Gasteiger partial charge in [0.15, 0.2) is 0 Å². The second-order valence-electron chi connectivity index (χ2n) is 5.24. The molecule has 0 fully saturated rings. The molecule has 0 saturated heterocycles. The number of carbonyl (C=O) groups is 1. The van der Waals surface area contributed by atoms with Crippen molar-refractivity contribution in [3.05, 3.63) is 59.3 Å². The molecular formula is C16H14N4O3S2. The molecule has 1 aromatic carbocycles. The van der Waals surface area contributed by atoms with E-state index in [9.17, 15) is 13.2 Å². The van der Waals surface area contributed by atoms with Crippen molar-refractivity contribution >= 4 is 38.6 Å². The van der Waals surface area contributed by atoms with Crippen LogP contribution in [0.1, 0.15) is 9.67 Å². The normalized spacial score (nSPS) is 11.1. The minimum absolute atomic E-state index is 0.274. The molecule has 9 heteroatoms. The van der Waals surface area contributed by atoms with Gasteiger partial charge in [-0.3, -0.25) is 9.52 Å². The molecule has 0 unspecified atom stereocenters. The van der Waals surface area contributed by atoms with Crippen molar-refractivity contribution < 1.29 is 13.2 Å². The quantitative estimate of drug-likeness (QED) is 0.715. The van der Waals surface area contributed by atoms with Crippen LogP contribution in [0.3, 0.4) is 0 Å². The Labute approximate surface area is 148 Å². The zero-order chi connectivity index (χ0) is 17.9. The zero-order valence-corrected chi connectivity index (χ0v) is 14.8. The maximum absolute atomic E-state index is 12.4. The van der Waals surface area contributed by atoms with Gasteiger partial charge in [-0.1, -0.05) is 6.07 Å². The molecule has 2 aromatic heterocycles. The summed E-state index contributed by atoms with van der Waals surface area (Å²) < 4.78 is 24.9. The fourth-order valence-electron chi connectivity index (χ4n) is 2.12. The molecule has 0 radical (unpaired) electrons. The lowest BCUT2D eigenvalue weighted by Crippen LogP contribution is -2.12. The Hall–Kier alpha value is -2.78. The number of sulfonamides is 1. The molecule has 3 aromatic rings. The van der Waals surface area contributed by atoms with Gasteiger partial charge >= 0.3 is 0 Å². The Morgan fingerprint density at radius 3 is 2.52 bits per heavy atom. The first-order valence-electron chi connectivity index (χ1n) is 7.14. The fraction of sp³-hybridized carbons (Fsp3) is 0.0625. The predicted molar refractivity (Wildman–Crippen MR) is 98.2 cm³/mol. The van der Waals surface area contributed by atoms with Crippen LogP contribution in [0.4, 0.5) is 11.4 Å². The number of carbonyl (C=O) groups excluding carboxylic acids is 1. The average molecular weight is 374 g/mol. The molecule has 25 heavy (non-hydrogen) atoms. The van der Waals surface area contributed by atoms with E-state index in [4.69, 9.17) is 0 Å². The summed E-state index contributed by atoms with van der Waals surface area (Å²) in [5.41, 5.74) is 2.57. The maximum atomic E-state index is 12.4. The standard InChI is InChI=1S/C16H14N4O3S2/c1-25(22,23)20-14-4-2-3-13(6-14)19-16(21)15-5-11(9-24-15)12-7-17-10-18-8-12/h2-10,20H,1H3,(H,19,21). The average Bonchev–Trinajstić information content (AvgIpc) is 3.04. The maximum Gasteiger partial charge on any atom is 0.265 e. The van der Waals surface area contributed by atoms with Gasteiger partial charge in [-0.15, -0.1) is 11.3 Å². The highest BCUT2D eigenvalue weighted by Crippen LogP contribution is 2.25. The minimum Gasteiger partial charge on any atom is -0.321 e. The topological polar surface area (TPSA) is 101 Å². The highest BCUT2D eigenvalue weighted by Gasteiger charge is 2.11. The Balaban J connectivity index is 1.75. The summed E-state index contributed by atoms with van der Waals surface area (Å²) in [6.45, 7) is 0. The molecule has 0 spiro atoms. The SMILES string of the molecule is CS(=O)(=O)Nc1cccc(NC(=O)c2cc(-c3cncnc3)cs2)c1. The van der Waals surface area contributed by atoms with Gasteiger partial charge in [0.1, 0.15) is 6.33 Å². The van der Waals surface area contributed by atoms with Gasteiger partial charge in [0.2, 0.25) is 10.0 Å². The zero-order valence-electron chi connectivity index (χ0n) is 13.1. The molecule has 0 saturated carbocycles. The van der Waals surface area contributed by atoms with E-state index in [1.54, 1.807) is 42.7 Å². The van der Waals surface area contributed by atoms with Crippen LogP contribution in [0.2, 0.25) is 0 Å². The van der Waals surface area contributed by atoms with Gasteiger partial charge in [-0.2, -0.15) is 0 Å². The van der Waals surface area contributed by atoms with Crippen LogP contribution in [0.15, 0.2) is 54.4 Å². The van der Waals surface area contributed by atoms with E-state index < -0.39 is 10.0 Å². The van der Waals surface area contributed by atoms with Crippen LogP contribution in [0.5, 0.6) is 0 Å². The molecule has 0 aliphatic heterocycles. The van der Waals surface area contributed by atoms with Gasteiger partial charge in [0.05, 0.1) is 16.8 Å². The molecule has 0 aliphatic carbocycles. The number of benzene rings is 1. The van der Waals surface area contributed by atoms with Crippen LogP contribution in [-0.4, -0.2) is 30.5 Å². The Morgan fingerprint density at radius 1 is 1.08 bits per heavy atom. The molecule has 128 valence electrons. The van der Waals surface area contributed by atoms with E-state index >= 15 is 0 Å². The lowest BCUT2D eigenvalue weighted by atomic mass is 10.2. The minimum atomic E-state index is -3.37. The van der Waals surface area contributed by atoms with E-state index in [2.05, 4.69) is 20.0 Å². The van der Waals surface area contributed by atoms with E-state index in [0.717, 1.165) is 17.4 Å². The molecule has 2 N–H and O–H groups in total. The van der Waals surface area contributed by atoms with E-state index in [1.807, 2.05) is 5.38 Å². The fourth-order valence-corrected chi connectivity index (χ4v) is 3.49. The summed E-state index contributed by atoms with van der Waals surface area (Å²) in [6, 6.07) is 8.26. The summed E-state index contributed by atoms with van der Waals surface area (Å²) >= 11 is 1.31. The van der Waals surface area contributed by atoms with Gasteiger partial charge in [0.25, 0.3) is 5.91 Å². The van der Waals surface area contributed by atoms with Crippen molar-refractivity contribution in [2.75, 3.05) is 16.3 Å². The van der Waals surface area contributed by atoms with Crippen LogP contribution < -0.4 is 10.0 Å². The first kappa shape index (κ1) is 17.1. The van der Waals surface area contributed by atoms with Crippen molar-refractivity contribution in [1.82, 2.24) is 9.97 Å². The van der Waals surface area contributed by atoms with Gasteiger partial charge < -0.3 is 5.32 Å². The molecule has 1 amide bonds. The summed E-state index contributed by atoms with van der Waals surface area (Å²) in [5.74, 6) is -0.274. The van der Waals surface area contributed by atoms with Crippen LogP contribution in [-0.2, 0) is 10.0 Å². The highest BCUT2D eigenvalue weighted by atomic mass is 32.2. The van der Waals surface area contributed by atoms with Crippen LogP contribution in [0, 0.1) is 0 Å². The third kappa shape index (κ3) is 4.61. The van der Waals surface area contributed by atoms with Gasteiger partial charge in [-0.25, -0.2) is 18.4 Å². The number of thiophene rings is 1. The van der Waals surface area contributed by atoms with Crippen molar-refractivity contribution in [2.24, 2.45) is 0 Å². The lowest BCUT2D eigenvalue weighted by Gasteiger charge is -2.07. The number of hydrogen-bond acceptors (Lipinski definition) is 6. The molecule has 2 heterocycles. The number of rotatable bonds is 5. The summed E-state index contributed by atoms with van der Waals surface area (Å²) in [5, 5.41) is 4.61. The largest absolute Gasteiger partial charge is 0.321 e. The smallest absolute Gasteiger partial charge is 0.265 e. The third-order valence-electron chi connectivity index (χ3n) is 3.14. The summed E-state index contributed by atoms with van der Waals surface area (Å²) in [4.78, 5) is 20.8. The van der Waals surface area contributed by atoms with Crippen molar-refractivity contribution in [3.8, 4) is 11.1 Å². The van der Waals surface area contributed by atoms with E-state index in [0.29, 0.717) is 16.3 Å². The first-order chi connectivity index (χ1) is 11.9. The molecule has 7 nitrogen and oxygen atoms in total. The van der Waals surface area contributed by atoms with Gasteiger partial charge in [-0.05, 0) is 35.2 Å². The second kappa shape index (κ2) is 6.99. The number of amides is 1. The van der Waals surface area contributed by atoms with Gasteiger partial charge in [0, 0.05) is 23.6 Å². The van der Waals surface area contributed by atoms with Crippen LogP contribution >= 0.6 is 11.3 Å². The number of nitrogens with one attached hydrogen (secondary N) is 2. The number of aromatic nitrogens is 2. The van der Waals surface area contributed by atoms with Crippen molar-refractivity contribution in [2.45, 2.75) is 0 Å². The Bertz CT molecular complexity index is 1000. The summed E-state index contributed by atoms with van der Waals surface area (Å²) in [6.07, 6.45) is 5.87. The number of nitrogens with zero attached hydrogens (tertiary/aromatic N) is 2. The van der Waals surface area contributed by atoms with Crippen molar-refractivity contribution in [1.29, 1.82) is 0 Å². The first-order valence-corrected chi connectivity index (χ1v) is 9.91. The molecule has 0 bridgehead atoms. The van der Waals surface area contributed by atoms with Crippen LogP contribution in [0.25, 0.3) is 11.1 Å². The monoisotopic (exact) mass is 374 g/mol. The number of anilines is 2. The molecule has 0 aliphatic rings. The molecule has 3 rings (SSSR count). The molecule has 0 atom stereocenters. The number of hydrogen-bond donors (Lipinski definition) is 2. The lowest BCUT2D eigenvalue weighted by molar-refractivity contribution is 0.103. The van der Waals surface area contributed by atoms with E-state index in [-0.39, 0.29) is 5.91 Å². The second-order valence-corrected chi connectivity index (χ2v) is 7.90. The Morgan fingerprint density at radius 2 is 1.80 bits per heavy atom. The molecular weight excluding hydrogens is 360 g/mol. The highest BCUT2D eigenvalue weighted by molar-refractivity contribution is 7.92.